The van der Waals surface area contributed by atoms with Gasteiger partial charge in [-0.3, -0.25) is 4.79 Å². The molecule has 1 unspecified atom stereocenters. The molecule has 1 saturated carbocycles. The molecule has 1 aliphatic heterocycles. The summed E-state index contributed by atoms with van der Waals surface area (Å²) in [5.74, 6) is 3.09. The first-order chi connectivity index (χ1) is 15.7. The Morgan fingerprint density at radius 2 is 1.56 bits per heavy atom. The Hall–Kier alpha value is -2.89. The minimum atomic E-state index is -0.196. The van der Waals surface area contributed by atoms with Gasteiger partial charge in [-0.15, -0.1) is 0 Å². The molecule has 6 heteroatoms. The largest absolute Gasteiger partial charge is 0.493 e. The number of fused-ring (bicyclic) bond motifs is 1. The molecule has 6 nitrogen and oxygen atoms in total. The summed E-state index contributed by atoms with van der Waals surface area (Å²) in [6.07, 6.45) is 6.24. The predicted molar refractivity (Wildman–Crippen MR) is 123 cm³/mol. The average Bonchev–Trinajstić information content (AvgIpc) is 2.86. The van der Waals surface area contributed by atoms with Crippen LogP contribution in [0, 0.1) is 5.92 Å². The maximum absolute atomic E-state index is 13.6. The lowest BCUT2D eigenvalue weighted by molar-refractivity contribution is -0.140. The van der Waals surface area contributed by atoms with Crippen LogP contribution in [0.1, 0.15) is 49.3 Å². The monoisotopic (exact) mass is 439 g/mol. The van der Waals surface area contributed by atoms with Crippen LogP contribution >= 0.6 is 0 Å². The van der Waals surface area contributed by atoms with Gasteiger partial charge in [0, 0.05) is 12.5 Å². The summed E-state index contributed by atoms with van der Waals surface area (Å²) in [5.41, 5.74) is 2.23. The number of hydrogen-bond acceptors (Lipinski definition) is 5. The SMILES string of the molecule is COc1cc2c(cc1OC)C(COc1ccccc1OC)N(C(=O)C1CCCCC1)CC2. The van der Waals surface area contributed by atoms with Gasteiger partial charge in [-0.1, -0.05) is 31.4 Å². The molecule has 1 aliphatic carbocycles. The number of rotatable bonds is 7. The third-order valence-corrected chi connectivity index (χ3v) is 6.71. The fraction of sp³-hybridized carbons (Fsp3) is 0.500. The van der Waals surface area contributed by atoms with Crippen molar-refractivity contribution in [2.24, 2.45) is 5.92 Å². The maximum Gasteiger partial charge on any atom is 0.226 e. The highest BCUT2D eigenvalue weighted by Gasteiger charge is 2.36. The van der Waals surface area contributed by atoms with Crippen molar-refractivity contribution in [1.29, 1.82) is 0 Å². The Morgan fingerprint density at radius 3 is 2.25 bits per heavy atom. The zero-order valence-corrected chi connectivity index (χ0v) is 19.3. The van der Waals surface area contributed by atoms with Crippen molar-refractivity contribution in [3.8, 4) is 23.0 Å². The van der Waals surface area contributed by atoms with Crippen molar-refractivity contribution in [2.45, 2.75) is 44.6 Å². The van der Waals surface area contributed by atoms with E-state index >= 15 is 0 Å². The van der Waals surface area contributed by atoms with E-state index in [-0.39, 0.29) is 17.9 Å². The molecule has 1 fully saturated rings. The van der Waals surface area contributed by atoms with Crippen molar-refractivity contribution in [3.05, 3.63) is 47.5 Å². The molecule has 2 aromatic rings. The number of methoxy groups -OCH3 is 3. The smallest absolute Gasteiger partial charge is 0.226 e. The van der Waals surface area contributed by atoms with E-state index in [0.717, 1.165) is 37.7 Å². The Kier molecular flexibility index (Phi) is 7.08. The van der Waals surface area contributed by atoms with Crippen molar-refractivity contribution in [3.63, 3.8) is 0 Å². The second-order valence-electron chi connectivity index (χ2n) is 8.50. The Balaban J connectivity index is 1.66. The average molecular weight is 440 g/mol. The van der Waals surface area contributed by atoms with E-state index in [1.165, 1.54) is 12.0 Å². The minimum Gasteiger partial charge on any atom is -0.493 e. The number of benzene rings is 2. The molecule has 32 heavy (non-hydrogen) atoms. The molecular formula is C26H33NO5. The zero-order valence-electron chi connectivity index (χ0n) is 19.3. The van der Waals surface area contributed by atoms with Gasteiger partial charge in [0.05, 0.1) is 27.4 Å². The highest BCUT2D eigenvalue weighted by molar-refractivity contribution is 5.80. The molecule has 0 radical (unpaired) electrons. The van der Waals surface area contributed by atoms with Crippen LogP contribution in [-0.4, -0.2) is 45.3 Å². The van der Waals surface area contributed by atoms with Crippen molar-refractivity contribution in [2.75, 3.05) is 34.5 Å². The van der Waals surface area contributed by atoms with Crippen LogP contribution in [0.25, 0.3) is 0 Å². The van der Waals surface area contributed by atoms with Crippen LogP contribution in [0.4, 0.5) is 0 Å². The van der Waals surface area contributed by atoms with Gasteiger partial charge in [-0.2, -0.15) is 0 Å². The van der Waals surface area contributed by atoms with Crippen LogP contribution in [-0.2, 0) is 11.2 Å². The summed E-state index contributed by atoms with van der Waals surface area (Å²) >= 11 is 0. The third-order valence-electron chi connectivity index (χ3n) is 6.71. The Bertz CT molecular complexity index is 938. The van der Waals surface area contributed by atoms with Gasteiger partial charge < -0.3 is 23.8 Å². The zero-order chi connectivity index (χ0) is 22.5. The molecule has 0 spiro atoms. The molecule has 172 valence electrons. The fourth-order valence-corrected chi connectivity index (χ4v) is 4.96. The number of carbonyl (C=O) groups is 1. The van der Waals surface area contributed by atoms with Gasteiger partial charge >= 0.3 is 0 Å². The lowest BCUT2D eigenvalue weighted by Gasteiger charge is -2.40. The highest BCUT2D eigenvalue weighted by atomic mass is 16.5. The first-order valence-corrected chi connectivity index (χ1v) is 11.5. The topological polar surface area (TPSA) is 57.2 Å². The number of hydrogen-bond donors (Lipinski definition) is 0. The molecule has 1 amide bonds. The lowest BCUT2D eigenvalue weighted by Crippen LogP contribution is -2.45. The van der Waals surface area contributed by atoms with Crippen LogP contribution in [0.5, 0.6) is 23.0 Å². The first kappa shape index (κ1) is 22.3. The molecule has 0 bridgehead atoms. The maximum atomic E-state index is 13.6. The predicted octanol–water partition coefficient (Wildman–Crippen LogP) is 4.80. The summed E-state index contributed by atoms with van der Waals surface area (Å²) in [6, 6.07) is 11.5. The van der Waals surface area contributed by atoms with Gasteiger partial charge in [-0.05, 0) is 54.7 Å². The quantitative estimate of drug-likeness (QED) is 0.620. The standard InChI is InChI=1S/C26H33NO5/c1-29-22-11-7-8-12-23(22)32-17-21-20-16-25(31-3)24(30-2)15-19(20)13-14-27(21)26(28)18-9-5-4-6-10-18/h7-8,11-12,15-16,18,21H,4-6,9-10,13-14,17H2,1-3H3. The van der Waals surface area contributed by atoms with E-state index in [0.29, 0.717) is 36.1 Å². The number of carbonyl (C=O) groups excluding carboxylic acids is 1. The second-order valence-corrected chi connectivity index (χ2v) is 8.50. The molecule has 2 aromatic carbocycles. The van der Waals surface area contributed by atoms with Gasteiger partial charge in [0.2, 0.25) is 5.91 Å². The molecule has 0 aromatic heterocycles. The molecule has 2 aliphatic rings. The normalized spacial score (nSPS) is 18.6. The van der Waals surface area contributed by atoms with Crippen LogP contribution in [0.15, 0.2) is 36.4 Å². The number of para-hydroxylation sites is 2. The number of amides is 1. The summed E-state index contributed by atoms with van der Waals surface area (Å²) in [6.45, 7) is 1.03. The first-order valence-electron chi connectivity index (χ1n) is 11.5. The summed E-state index contributed by atoms with van der Waals surface area (Å²) < 4.78 is 22.8. The summed E-state index contributed by atoms with van der Waals surface area (Å²) in [5, 5.41) is 0. The van der Waals surface area contributed by atoms with Crippen LogP contribution < -0.4 is 18.9 Å². The van der Waals surface area contributed by atoms with E-state index in [1.807, 2.05) is 41.3 Å². The third kappa shape index (κ3) is 4.50. The molecule has 0 saturated heterocycles. The van der Waals surface area contributed by atoms with E-state index < -0.39 is 0 Å². The van der Waals surface area contributed by atoms with E-state index in [1.54, 1.807) is 21.3 Å². The van der Waals surface area contributed by atoms with E-state index in [9.17, 15) is 4.79 Å². The van der Waals surface area contributed by atoms with Gasteiger partial charge in [0.15, 0.2) is 23.0 Å². The second kappa shape index (κ2) is 10.2. The Labute approximate surface area is 190 Å². The van der Waals surface area contributed by atoms with Crippen LogP contribution in [0.2, 0.25) is 0 Å². The van der Waals surface area contributed by atoms with Gasteiger partial charge in [-0.25, -0.2) is 0 Å². The van der Waals surface area contributed by atoms with Gasteiger partial charge in [0.1, 0.15) is 6.61 Å². The van der Waals surface area contributed by atoms with Crippen molar-refractivity contribution < 1.29 is 23.7 Å². The van der Waals surface area contributed by atoms with Crippen molar-refractivity contribution in [1.82, 2.24) is 4.90 Å². The molecule has 1 atom stereocenters. The molecule has 4 rings (SSSR count). The number of ether oxygens (including phenoxy) is 4. The molecule has 1 heterocycles. The van der Waals surface area contributed by atoms with E-state index in [2.05, 4.69) is 0 Å². The van der Waals surface area contributed by atoms with Gasteiger partial charge in [0.25, 0.3) is 0 Å². The summed E-state index contributed by atoms with van der Waals surface area (Å²) in [4.78, 5) is 15.6. The molecular weight excluding hydrogens is 406 g/mol. The number of nitrogens with zero attached hydrogens (tertiary/aromatic N) is 1. The van der Waals surface area contributed by atoms with Crippen molar-refractivity contribution >= 4 is 5.91 Å². The minimum absolute atomic E-state index is 0.110. The Morgan fingerprint density at radius 1 is 0.906 bits per heavy atom. The molecule has 0 N–H and O–H groups in total. The highest BCUT2D eigenvalue weighted by Crippen LogP contribution is 2.40. The van der Waals surface area contributed by atoms with Crippen LogP contribution in [0.3, 0.4) is 0 Å². The lowest BCUT2D eigenvalue weighted by atomic mass is 9.86. The van der Waals surface area contributed by atoms with E-state index in [4.69, 9.17) is 18.9 Å². The fourth-order valence-electron chi connectivity index (χ4n) is 4.96. The summed E-state index contributed by atoms with van der Waals surface area (Å²) in [7, 11) is 4.92.